The third kappa shape index (κ3) is 10.2. The van der Waals surface area contributed by atoms with E-state index in [9.17, 15) is 19.5 Å². The smallest absolute Gasteiger partial charge is 0.408 e. The maximum absolute atomic E-state index is 13.9. The molecule has 0 fully saturated rings. The van der Waals surface area contributed by atoms with Crippen LogP contribution in [0.25, 0.3) is 0 Å². The van der Waals surface area contributed by atoms with Crippen molar-refractivity contribution in [1.29, 1.82) is 0 Å². The number of aliphatic hydroxyl groups is 1. The molecule has 0 aliphatic heterocycles. The summed E-state index contributed by atoms with van der Waals surface area (Å²) >= 11 is 0. The third-order valence-corrected chi connectivity index (χ3v) is 5.71. The minimum absolute atomic E-state index is 0.0585. The summed E-state index contributed by atoms with van der Waals surface area (Å²) in [5, 5.41) is 15.7. The number of aryl methyl sites for hydroxylation is 2. The summed E-state index contributed by atoms with van der Waals surface area (Å²) in [6, 6.07) is 3.78. The number of carbonyl (C=O) groups is 3. The lowest BCUT2D eigenvalue weighted by atomic mass is 9.95. The number of ether oxygens (including phenoxy) is 1. The van der Waals surface area contributed by atoms with E-state index in [0.29, 0.717) is 12.0 Å². The first-order valence-corrected chi connectivity index (χ1v) is 13.0. The Morgan fingerprint density at radius 2 is 1.72 bits per heavy atom. The standard InChI is InChI=1S/C28H47N3O5/c1-10-11-21(6)29-25(33)24(22-13-12-19(4)17-20(22)5)31(14-15-32)26(34)23(16-18(2)3)30-27(35)36-28(7,8)9/h12-13,17-18,21,23-24,32H,10-11,14-16H2,1-9H3,(H,29,33)(H,30,35). The Morgan fingerprint density at radius 3 is 2.22 bits per heavy atom. The summed E-state index contributed by atoms with van der Waals surface area (Å²) in [5.74, 6) is -0.667. The lowest BCUT2D eigenvalue weighted by molar-refractivity contribution is -0.143. The lowest BCUT2D eigenvalue weighted by Crippen LogP contribution is -2.54. The van der Waals surface area contributed by atoms with Crippen LogP contribution in [0.4, 0.5) is 4.79 Å². The molecular weight excluding hydrogens is 458 g/mol. The molecule has 8 heteroatoms. The molecule has 0 saturated heterocycles. The van der Waals surface area contributed by atoms with Crippen LogP contribution in [0.5, 0.6) is 0 Å². The highest BCUT2D eigenvalue weighted by Gasteiger charge is 2.37. The largest absolute Gasteiger partial charge is 0.444 e. The zero-order valence-electron chi connectivity index (χ0n) is 23.6. The summed E-state index contributed by atoms with van der Waals surface area (Å²) < 4.78 is 5.39. The van der Waals surface area contributed by atoms with E-state index < -0.39 is 29.7 Å². The van der Waals surface area contributed by atoms with Gasteiger partial charge < -0.3 is 25.4 Å². The van der Waals surface area contributed by atoms with Crippen LogP contribution in [0.3, 0.4) is 0 Å². The Morgan fingerprint density at radius 1 is 1.08 bits per heavy atom. The van der Waals surface area contributed by atoms with E-state index >= 15 is 0 Å². The quantitative estimate of drug-likeness (QED) is 0.390. The summed E-state index contributed by atoms with van der Waals surface area (Å²) in [4.78, 5) is 41.6. The topological polar surface area (TPSA) is 108 Å². The van der Waals surface area contributed by atoms with E-state index in [2.05, 4.69) is 10.6 Å². The third-order valence-electron chi connectivity index (χ3n) is 5.71. The molecule has 0 aromatic heterocycles. The molecule has 1 rings (SSSR count). The molecular formula is C28H47N3O5. The molecule has 3 N–H and O–H groups in total. The highest BCUT2D eigenvalue weighted by molar-refractivity contribution is 5.92. The second-order valence-corrected chi connectivity index (χ2v) is 11.0. The molecule has 0 aliphatic rings. The Kier molecular flexibility index (Phi) is 12.4. The zero-order chi connectivity index (χ0) is 27.6. The molecule has 3 atom stereocenters. The molecule has 0 radical (unpaired) electrons. The number of alkyl carbamates (subject to hydrolysis) is 1. The van der Waals surface area contributed by atoms with Crippen LogP contribution in [-0.4, -0.2) is 58.8 Å². The molecule has 3 unspecified atom stereocenters. The van der Waals surface area contributed by atoms with Crippen molar-refractivity contribution in [2.75, 3.05) is 13.2 Å². The predicted molar refractivity (Wildman–Crippen MR) is 143 cm³/mol. The second-order valence-electron chi connectivity index (χ2n) is 11.0. The van der Waals surface area contributed by atoms with Gasteiger partial charge in [-0.1, -0.05) is 51.0 Å². The highest BCUT2D eigenvalue weighted by atomic mass is 16.6. The first kappa shape index (κ1) is 31.4. The summed E-state index contributed by atoms with van der Waals surface area (Å²) in [5.41, 5.74) is 1.87. The van der Waals surface area contributed by atoms with Crippen LogP contribution >= 0.6 is 0 Å². The van der Waals surface area contributed by atoms with Gasteiger partial charge in [0.2, 0.25) is 11.8 Å². The number of hydrogen-bond donors (Lipinski definition) is 3. The van der Waals surface area contributed by atoms with Gasteiger partial charge in [0.05, 0.1) is 6.61 Å². The van der Waals surface area contributed by atoms with Gasteiger partial charge in [0.1, 0.15) is 17.7 Å². The molecule has 204 valence electrons. The molecule has 1 aromatic carbocycles. The number of aliphatic hydroxyl groups excluding tert-OH is 1. The first-order chi connectivity index (χ1) is 16.7. The predicted octanol–water partition coefficient (Wildman–Crippen LogP) is 4.41. The van der Waals surface area contributed by atoms with E-state index in [1.54, 1.807) is 20.8 Å². The van der Waals surface area contributed by atoms with Gasteiger partial charge in [-0.15, -0.1) is 0 Å². The summed E-state index contributed by atoms with van der Waals surface area (Å²) in [7, 11) is 0. The van der Waals surface area contributed by atoms with Crippen molar-refractivity contribution in [1.82, 2.24) is 15.5 Å². The average Bonchev–Trinajstić information content (AvgIpc) is 2.72. The molecule has 0 saturated carbocycles. The van der Waals surface area contributed by atoms with Crippen molar-refractivity contribution in [2.45, 2.75) is 105 Å². The Labute approximate surface area is 217 Å². The number of nitrogens with one attached hydrogen (secondary N) is 2. The van der Waals surface area contributed by atoms with Crippen molar-refractivity contribution < 1.29 is 24.2 Å². The van der Waals surface area contributed by atoms with E-state index in [0.717, 1.165) is 24.0 Å². The number of amides is 3. The SMILES string of the molecule is CCCC(C)NC(=O)C(c1ccc(C)cc1C)N(CCO)C(=O)C(CC(C)C)NC(=O)OC(C)(C)C. The van der Waals surface area contributed by atoms with E-state index in [1.807, 2.05) is 59.7 Å². The van der Waals surface area contributed by atoms with Crippen LogP contribution in [0.1, 0.15) is 90.5 Å². The fourth-order valence-corrected chi connectivity index (χ4v) is 4.23. The van der Waals surface area contributed by atoms with Crippen molar-refractivity contribution >= 4 is 17.9 Å². The monoisotopic (exact) mass is 505 g/mol. The van der Waals surface area contributed by atoms with Crippen LogP contribution in [-0.2, 0) is 14.3 Å². The van der Waals surface area contributed by atoms with Crippen LogP contribution < -0.4 is 10.6 Å². The van der Waals surface area contributed by atoms with Crippen LogP contribution in [0.2, 0.25) is 0 Å². The number of nitrogens with zero attached hydrogens (tertiary/aromatic N) is 1. The fraction of sp³-hybridized carbons (Fsp3) is 0.679. The molecule has 3 amide bonds. The molecule has 0 aliphatic carbocycles. The number of carbonyl (C=O) groups excluding carboxylic acids is 3. The van der Waals surface area contributed by atoms with E-state index in [-0.39, 0.29) is 31.0 Å². The Balaban J connectivity index is 3.49. The number of hydrogen-bond acceptors (Lipinski definition) is 5. The Bertz CT molecular complexity index is 878. The molecule has 0 bridgehead atoms. The van der Waals surface area contributed by atoms with Gasteiger partial charge in [0, 0.05) is 12.6 Å². The number of benzene rings is 1. The minimum atomic E-state index is -0.959. The van der Waals surface area contributed by atoms with Gasteiger partial charge in [-0.2, -0.15) is 0 Å². The summed E-state index contributed by atoms with van der Waals surface area (Å²) in [6.45, 7) is 16.6. The van der Waals surface area contributed by atoms with Crippen molar-refractivity contribution in [3.05, 3.63) is 34.9 Å². The minimum Gasteiger partial charge on any atom is -0.444 e. The van der Waals surface area contributed by atoms with Gasteiger partial charge in [-0.05, 0) is 71.4 Å². The molecule has 36 heavy (non-hydrogen) atoms. The molecule has 8 nitrogen and oxygen atoms in total. The highest BCUT2D eigenvalue weighted by Crippen LogP contribution is 2.27. The first-order valence-electron chi connectivity index (χ1n) is 13.0. The molecule has 1 aromatic rings. The van der Waals surface area contributed by atoms with Crippen molar-refractivity contribution in [3.63, 3.8) is 0 Å². The Hall–Kier alpha value is -2.61. The molecule has 0 heterocycles. The zero-order valence-corrected chi connectivity index (χ0v) is 23.6. The number of rotatable bonds is 12. The van der Waals surface area contributed by atoms with E-state index in [1.165, 1.54) is 4.90 Å². The average molecular weight is 506 g/mol. The van der Waals surface area contributed by atoms with E-state index in [4.69, 9.17) is 4.74 Å². The van der Waals surface area contributed by atoms with Crippen LogP contribution in [0, 0.1) is 19.8 Å². The van der Waals surface area contributed by atoms with Gasteiger partial charge in [-0.25, -0.2) is 4.79 Å². The maximum Gasteiger partial charge on any atom is 0.408 e. The van der Waals surface area contributed by atoms with Crippen molar-refractivity contribution in [3.8, 4) is 0 Å². The normalized spacial score (nSPS) is 14.1. The van der Waals surface area contributed by atoms with Gasteiger partial charge in [0.15, 0.2) is 0 Å². The maximum atomic E-state index is 13.9. The molecule has 0 spiro atoms. The van der Waals surface area contributed by atoms with Gasteiger partial charge in [0.25, 0.3) is 0 Å². The van der Waals surface area contributed by atoms with Crippen molar-refractivity contribution in [2.24, 2.45) is 5.92 Å². The lowest BCUT2D eigenvalue weighted by Gasteiger charge is -2.35. The second kappa shape index (κ2) is 14.2. The van der Waals surface area contributed by atoms with Gasteiger partial charge >= 0.3 is 6.09 Å². The van der Waals surface area contributed by atoms with Gasteiger partial charge in [-0.3, -0.25) is 9.59 Å². The fourth-order valence-electron chi connectivity index (χ4n) is 4.23. The summed E-state index contributed by atoms with van der Waals surface area (Å²) in [6.07, 6.45) is 1.36. The van der Waals surface area contributed by atoms with Crippen LogP contribution in [0.15, 0.2) is 18.2 Å².